The van der Waals surface area contributed by atoms with Crippen molar-refractivity contribution in [2.45, 2.75) is 4.90 Å². The maximum atomic E-state index is 12.4. The lowest BCUT2D eigenvalue weighted by Crippen LogP contribution is -2.29. The predicted molar refractivity (Wildman–Crippen MR) is 106 cm³/mol. The van der Waals surface area contributed by atoms with Gasteiger partial charge in [-0.1, -0.05) is 12.1 Å². The third-order valence-electron chi connectivity index (χ3n) is 3.70. The van der Waals surface area contributed by atoms with Crippen molar-refractivity contribution in [2.24, 2.45) is 0 Å². The van der Waals surface area contributed by atoms with E-state index >= 15 is 0 Å². The molecule has 0 radical (unpaired) electrons. The number of para-hydroxylation sites is 1. The summed E-state index contributed by atoms with van der Waals surface area (Å²) in [7, 11) is -2.23. The number of hydrogen-bond donors (Lipinski definition) is 3. The summed E-state index contributed by atoms with van der Waals surface area (Å²) in [6.45, 7) is 0.527. The Morgan fingerprint density at radius 2 is 1.64 bits per heavy atom. The van der Waals surface area contributed by atoms with Crippen molar-refractivity contribution in [3.05, 3.63) is 60.9 Å². The molecule has 2 heterocycles. The number of pyridine rings is 1. The van der Waals surface area contributed by atoms with Crippen molar-refractivity contribution < 1.29 is 13.2 Å². The monoisotopic (exact) mass is 400 g/mol. The van der Waals surface area contributed by atoms with E-state index in [0.717, 1.165) is 5.69 Å². The molecule has 146 valence electrons. The zero-order chi connectivity index (χ0) is 19.8. The number of nitrogens with one attached hydrogen (secondary N) is 3. The first-order valence-corrected chi connectivity index (χ1v) is 9.94. The third-order valence-corrected chi connectivity index (χ3v) is 5.20. The molecule has 0 saturated heterocycles. The lowest BCUT2D eigenvalue weighted by atomic mass is 10.3. The zero-order valence-corrected chi connectivity index (χ0v) is 16.0. The van der Waals surface area contributed by atoms with Crippen molar-refractivity contribution in [1.29, 1.82) is 0 Å². The molecule has 1 aromatic carbocycles. The smallest absolute Gasteiger partial charge is 0.244 e. The molecular formula is C18H20N6O3S. The van der Waals surface area contributed by atoms with Crippen molar-refractivity contribution in [3.8, 4) is 5.75 Å². The molecule has 0 bridgehead atoms. The number of sulfonamides is 1. The first kappa shape index (κ1) is 19.5. The van der Waals surface area contributed by atoms with Gasteiger partial charge in [0.15, 0.2) is 5.82 Å². The van der Waals surface area contributed by atoms with Gasteiger partial charge in [0.25, 0.3) is 0 Å². The van der Waals surface area contributed by atoms with Crippen LogP contribution in [0.1, 0.15) is 0 Å². The lowest BCUT2D eigenvalue weighted by Gasteiger charge is -2.11. The highest BCUT2D eigenvalue weighted by atomic mass is 32.2. The van der Waals surface area contributed by atoms with Crippen LogP contribution < -0.4 is 20.1 Å². The van der Waals surface area contributed by atoms with Crippen LogP contribution in [-0.2, 0) is 10.0 Å². The fourth-order valence-corrected chi connectivity index (χ4v) is 3.57. The number of ether oxygens (including phenoxy) is 1. The number of aromatic nitrogens is 3. The maximum Gasteiger partial charge on any atom is 0.244 e. The van der Waals surface area contributed by atoms with Crippen LogP contribution in [0.5, 0.6) is 5.75 Å². The summed E-state index contributed by atoms with van der Waals surface area (Å²) in [5.41, 5.74) is 0.857. The molecule has 0 amide bonds. The average molecular weight is 400 g/mol. The Balaban J connectivity index is 1.50. The van der Waals surface area contributed by atoms with E-state index in [-0.39, 0.29) is 11.4 Å². The highest BCUT2D eigenvalue weighted by Crippen LogP contribution is 2.22. The van der Waals surface area contributed by atoms with Crippen LogP contribution in [0.3, 0.4) is 0 Å². The van der Waals surface area contributed by atoms with Gasteiger partial charge in [0, 0.05) is 31.2 Å². The first-order valence-electron chi connectivity index (χ1n) is 8.46. The van der Waals surface area contributed by atoms with E-state index in [4.69, 9.17) is 4.74 Å². The van der Waals surface area contributed by atoms with Crippen molar-refractivity contribution in [2.75, 3.05) is 30.8 Å². The van der Waals surface area contributed by atoms with Crippen LogP contribution in [0.25, 0.3) is 0 Å². The molecule has 3 aromatic rings. The Morgan fingerprint density at radius 1 is 0.929 bits per heavy atom. The van der Waals surface area contributed by atoms with Crippen LogP contribution in [0.2, 0.25) is 0 Å². The topological polar surface area (TPSA) is 118 Å². The Labute approximate surface area is 163 Å². The van der Waals surface area contributed by atoms with Crippen LogP contribution >= 0.6 is 0 Å². The van der Waals surface area contributed by atoms with Crippen LogP contribution in [-0.4, -0.2) is 43.8 Å². The Morgan fingerprint density at radius 3 is 2.36 bits per heavy atom. The SMILES string of the molecule is COc1ccccc1S(=O)(=O)NCCNc1ccc(Nc2ccncc2)nn1. The highest BCUT2D eigenvalue weighted by Gasteiger charge is 2.18. The molecule has 3 N–H and O–H groups in total. The summed E-state index contributed by atoms with van der Waals surface area (Å²) in [4.78, 5) is 4.05. The van der Waals surface area contributed by atoms with E-state index in [9.17, 15) is 8.42 Å². The molecule has 9 nitrogen and oxygen atoms in total. The maximum absolute atomic E-state index is 12.4. The Hall–Kier alpha value is -3.24. The van der Waals surface area contributed by atoms with E-state index in [1.165, 1.54) is 13.2 Å². The van der Waals surface area contributed by atoms with Crippen LogP contribution in [0.15, 0.2) is 65.8 Å². The third kappa shape index (κ3) is 5.15. The van der Waals surface area contributed by atoms with Gasteiger partial charge >= 0.3 is 0 Å². The molecule has 0 aliphatic rings. The second-order valence-corrected chi connectivity index (χ2v) is 7.38. The molecule has 2 aromatic heterocycles. The molecule has 3 rings (SSSR count). The van der Waals surface area contributed by atoms with Crippen LogP contribution in [0, 0.1) is 0 Å². The second kappa shape index (κ2) is 9.11. The van der Waals surface area contributed by atoms with Gasteiger partial charge in [-0.15, -0.1) is 10.2 Å². The summed E-state index contributed by atoms with van der Waals surface area (Å²) in [5, 5.41) is 14.3. The Kier molecular flexibility index (Phi) is 6.35. The fourth-order valence-electron chi connectivity index (χ4n) is 2.37. The molecule has 0 saturated carbocycles. The van der Waals surface area contributed by atoms with Crippen molar-refractivity contribution >= 4 is 27.3 Å². The summed E-state index contributed by atoms with van der Waals surface area (Å²) in [5.74, 6) is 1.43. The van der Waals surface area contributed by atoms with Gasteiger partial charge in [-0.05, 0) is 36.4 Å². The molecular weight excluding hydrogens is 380 g/mol. The first-order chi connectivity index (χ1) is 13.6. The minimum absolute atomic E-state index is 0.101. The molecule has 0 aliphatic heterocycles. The summed E-state index contributed by atoms with van der Waals surface area (Å²) >= 11 is 0. The van der Waals surface area contributed by atoms with E-state index < -0.39 is 10.0 Å². The number of nitrogens with zero attached hydrogens (tertiary/aromatic N) is 3. The Bertz CT molecular complexity index is 997. The van der Waals surface area contributed by atoms with E-state index in [1.54, 1.807) is 42.7 Å². The number of anilines is 3. The standard InChI is InChI=1S/C18H20N6O3S/c1-27-15-4-2-3-5-16(15)28(25,26)21-13-12-20-17-6-7-18(24-23-17)22-14-8-10-19-11-9-14/h2-11,21H,12-13H2,1H3,(H,20,23)(H,19,22,24). The quantitative estimate of drug-likeness (QED) is 0.467. The van der Waals surface area contributed by atoms with Crippen molar-refractivity contribution in [3.63, 3.8) is 0 Å². The predicted octanol–water partition coefficient (Wildman–Crippen LogP) is 2.01. The largest absolute Gasteiger partial charge is 0.495 e. The second-order valence-electron chi connectivity index (χ2n) is 5.64. The van der Waals surface area contributed by atoms with E-state index in [2.05, 4.69) is 30.5 Å². The molecule has 0 unspecified atom stereocenters. The molecule has 0 aliphatic carbocycles. The average Bonchev–Trinajstić information content (AvgIpc) is 2.73. The minimum atomic E-state index is -3.66. The molecule has 0 atom stereocenters. The van der Waals surface area contributed by atoms with Gasteiger partial charge in [0.2, 0.25) is 10.0 Å². The number of benzene rings is 1. The number of rotatable bonds is 9. The van der Waals surface area contributed by atoms with Gasteiger partial charge in [0.1, 0.15) is 16.5 Å². The normalized spacial score (nSPS) is 11.0. The summed E-state index contributed by atoms with van der Waals surface area (Å²) in [6.07, 6.45) is 3.36. The summed E-state index contributed by atoms with van der Waals surface area (Å²) < 4.78 is 32.4. The van der Waals surface area contributed by atoms with Gasteiger partial charge < -0.3 is 15.4 Å². The molecule has 0 spiro atoms. The zero-order valence-electron chi connectivity index (χ0n) is 15.2. The molecule has 10 heteroatoms. The minimum Gasteiger partial charge on any atom is -0.495 e. The number of methoxy groups -OCH3 is 1. The van der Waals surface area contributed by atoms with Gasteiger partial charge in [-0.2, -0.15) is 0 Å². The van der Waals surface area contributed by atoms with Gasteiger partial charge in [0.05, 0.1) is 7.11 Å². The fraction of sp³-hybridized carbons (Fsp3) is 0.167. The van der Waals surface area contributed by atoms with Crippen molar-refractivity contribution in [1.82, 2.24) is 19.9 Å². The van der Waals surface area contributed by atoms with Gasteiger partial charge in [-0.3, -0.25) is 4.98 Å². The van der Waals surface area contributed by atoms with Gasteiger partial charge in [-0.25, -0.2) is 13.1 Å². The highest BCUT2D eigenvalue weighted by molar-refractivity contribution is 7.89. The van der Waals surface area contributed by atoms with Crippen LogP contribution in [0.4, 0.5) is 17.3 Å². The van der Waals surface area contributed by atoms with E-state index in [0.29, 0.717) is 23.9 Å². The number of hydrogen-bond acceptors (Lipinski definition) is 8. The summed E-state index contributed by atoms with van der Waals surface area (Å²) in [6, 6.07) is 13.6. The van der Waals surface area contributed by atoms with E-state index in [1.807, 2.05) is 12.1 Å². The molecule has 28 heavy (non-hydrogen) atoms. The molecule has 0 fully saturated rings. The lowest BCUT2D eigenvalue weighted by molar-refractivity contribution is 0.402.